The summed E-state index contributed by atoms with van der Waals surface area (Å²) in [5.74, 6) is -1.69. The third kappa shape index (κ3) is 13.6. The molecule has 9 heterocycles. The van der Waals surface area contributed by atoms with Crippen LogP contribution in [0.5, 0.6) is 11.8 Å². The fourth-order valence-corrected chi connectivity index (χ4v) is 15.7. The monoisotopic (exact) mass is 1300 g/mol. The van der Waals surface area contributed by atoms with Gasteiger partial charge in [0.25, 0.3) is 0 Å². The standard InChI is InChI=1S/C70H85F2N15O6S/c1-8-50-53(71)15-14-46-28-48(88)29-51(58(46)50)60-59(72)61-52(32-75-60)64(85-23-9-16-68(5,92)38-85)79-67(78-61)93-40-70(17-18-70)39-84-26-21-69(22-27-84)19-24-83(25-20-69)34-47-31-74-54(33-73-47)56-37-87(81-80-56)62(42(2)3)66(91)86-35-49(89)30-57(86)65(90)77-55(36-82(6)7)44-10-12-45(13-11-44)63-43(4)76-41-94-63/h10-15,28-29,31-33,37,41-42,49,55,57,62,88-89,92H,8-9,16-27,30,34-36,38-40H2,1-7H3,(H,77,90)/t49-,55+,57+,62+,68-/m1/s1. The van der Waals surface area contributed by atoms with Gasteiger partial charge < -0.3 is 45.0 Å². The zero-order chi connectivity index (χ0) is 65.8. The number of hydrogen-bond donors (Lipinski definition) is 4. The van der Waals surface area contributed by atoms with Crippen molar-refractivity contribution >= 4 is 50.6 Å². The molecule has 1 spiro atoms. The van der Waals surface area contributed by atoms with E-state index in [1.807, 2.05) is 81.4 Å². The number of aliphatic hydroxyl groups excluding tert-OH is 1. The van der Waals surface area contributed by atoms with Gasteiger partial charge in [0.15, 0.2) is 5.82 Å². The van der Waals surface area contributed by atoms with Crippen LogP contribution in [0.4, 0.5) is 14.6 Å². The van der Waals surface area contributed by atoms with Crippen LogP contribution >= 0.6 is 11.3 Å². The molecule has 4 saturated heterocycles. The van der Waals surface area contributed by atoms with Crippen molar-refractivity contribution in [3.05, 3.63) is 113 Å². The number of fused-ring (bicyclic) bond motifs is 2. The number of anilines is 1. The van der Waals surface area contributed by atoms with Gasteiger partial charge in [0.2, 0.25) is 11.8 Å². The van der Waals surface area contributed by atoms with E-state index in [0.29, 0.717) is 84.4 Å². The minimum atomic E-state index is -0.983. The Morgan fingerprint density at radius 3 is 2.32 bits per heavy atom. The van der Waals surface area contributed by atoms with Crippen molar-refractivity contribution in [2.24, 2.45) is 16.7 Å². The Hall–Kier alpha value is -7.74. The van der Waals surface area contributed by atoms with Gasteiger partial charge in [-0.05, 0) is 169 Å². The average molecular weight is 1300 g/mol. The minimum Gasteiger partial charge on any atom is -0.508 e. The molecule has 24 heteroatoms. The Morgan fingerprint density at radius 2 is 1.65 bits per heavy atom. The van der Waals surface area contributed by atoms with E-state index in [1.165, 1.54) is 29.3 Å². The predicted octanol–water partition coefficient (Wildman–Crippen LogP) is 9.34. The Morgan fingerprint density at radius 1 is 0.894 bits per heavy atom. The van der Waals surface area contributed by atoms with Crippen molar-refractivity contribution in [2.75, 3.05) is 84.5 Å². The third-order valence-electron chi connectivity index (χ3n) is 20.3. The zero-order valence-corrected chi connectivity index (χ0v) is 55.5. The Bertz CT molecular complexity index is 4070. The number of carbonyl (C=O) groups is 2. The van der Waals surface area contributed by atoms with E-state index < -0.39 is 35.4 Å². The van der Waals surface area contributed by atoms with E-state index in [9.17, 15) is 24.9 Å². The van der Waals surface area contributed by atoms with Crippen molar-refractivity contribution in [3.63, 3.8) is 0 Å². The summed E-state index contributed by atoms with van der Waals surface area (Å²) in [4.78, 5) is 68.6. The van der Waals surface area contributed by atoms with Gasteiger partial charge in [-0.15, -0.1) is 16.4 Å². The molecule has 1 saturated carbocycles. The summed E-state index contributed by atoms with van der Waals surface area (Å²) in [5.41, 5.74) is 6.43. The van der Waals surface area contributed by atoms with Crippen LogP contribution < -0.4 is 15.0 Å². The topological polar surface area (TPSA) is 240 Å². The number of hydrogen-bond acceptors (Lipinski definition) is 19. The molecule has 8 aromatic rings. The van der Waals surface area contributed by atoms with Gasteiger partial charge in [0.1, 0.15) is 52.1 Å². The third-order valence-corrected chi connectivity index (χ3v) is 21.3. The van der Waals surface area contributed by atoms with Crippen LogP contribution in [0.25, 0.3) is 54.8 Å². The molecule has 13 rings (SSSR count). The van der Waals surface area contributed by atoms with Crippen LogP contribution in [0, 0.1) is 35.3 Å². The summed E-state index contributed by atoms with van der Waals surface area (Å²) < 4.78 is 40.6. The van der Waals surface area contributed by atoms with Crippen molar-refractivity contribution in [1.82, 2.24) is 69.8 Å². The molecule has 5 fully saturated rings. The van der Waals surface area contributed by atoms with Gasteiger partial charge >= 0.3 is 6.01 Å². The molecule has 5 atom stereocenters. The number of phenolic OH excluding ortho intramolecular Hbond substituents is 1. The fraction of sp³-hybridized carbons (Fsp3) is 0.514. The highest BCUT2D eigenvalue weighted by atomic mass is 32.1. The number of β-amino-alcohol motifs (C(OH)–C–C–N with tert-alkyl or cyclic N) is 2. The lowest BCUT2D eigenvalue weighted by molar-refractivity contribution is -0.142. The number of likely N-dealkylation sites (tertiary alicyclic amines) is 3. The summed E-state index contributed by atoms with van der Waals surface area (Å²) in [5, 5.41) is 46.5. The van der Waals surface area contributed by atoms with Gasteiger partial charge in [0.05, 0.1) is 70.1 Å². The predicted molar refractivity (Wildman–Crippen MR) is 356 cm³/mol. The maximum atomic E-state index is 17.3. The quantitative estimate of drug-likeness (QED) is 0.0556. The van der Waals surface area contributed by atoms with Crippen LogP contribution in [-0.4, -0.2) is 189 Å². The molecule has 3 aromatic carbocycles. The van der Waals surface area contributed by atoms with E-state index in [2.05, 4.69) is 35.4 Å². The first-order chi connectivity index (χ1) is 45.1. The number of aromatic hydroxyl groups is 1. The van der Waals surface area contributed by atoms with Crippen molar-refractivity contribution in [3.8, 4) is 44.8 Å². The summed E-state index contributed by atoms with van der Waals surface area (Å²) in [6, 6.07) is 12.0. The largest absolute Gasteiger partial charge is 0.508 e. The molecule has 0 unspecified atom stereocenters. The Labute approximate surface area is 550 Å². The van der Waals surface area contributed by atoms with Gasteiger partial charge in [0, 0.05) is 62.9 Å². The maximum absolute atomic E-state index is 17.3. The second-order valence-electron chi connectivity index (χ2n) is 28.1. The number of likely N-dealkylation sites (N-methyl/N-ethyl adjacent to an activating group) is 1. The number of aryl methyl sites for hydroxylation is 2. The van der Waals surface area contributed by atoms with E-state index in [4.69, 9.17) is 24.7 Å². The number of amides is 2. The lowest BCUT2D eigenvalue weighted by atomic mass is 9.71. The highest BCUT2D eigenvalue weighted by molar-refractivity contribution is 7.13. The molecule has 1 aliphatic carbocycles. The van der Waals surface area contributed by atoms with Gasteiger partial charge in [-0.3, -0.25) is 29.4 Å². The number of nitrogens with one attached hydrogen (secondary N) is 1. The van der Waals surface area contributed by atoms with Crippen LogP contribution in [0.15, 0.2) is 78.8 Å². The molecular weight excluding hydrogens is 1220 g/mol. The number of carbonyl (C=O) groups excluding carboxylic acids is 2. The zero-order valence-electron chi connectivity index (χ0n) is 54.7. The molecule has 5 aliphatic rings. The highest BCUT2D eigenvalue weighted by Crippen LogP contribution is 2.49. The molecule has 0 radical (unpaired) electrons. The molecule has 4 aliphatic heterocycles. The number of thiazole rings is 1. The number of phenols is 1. The second-order valence-corrected chi connectivity index (χ2v) is 29.0. The molecule has 5 aromatic heterocycles. The first kappa shape index (κ1) is 64.9. The molecular formula is C70H85F2N15O6S. The van der Waals surface area contributed by atoms with Crippen molar-refractivity contribution < 1.29 is 38.4 Å². The smallest absolute Gasteiger partial charge is 0.319 e. The SMILES string of the molecule is CCc1c(F)ccc2cc(O)cc(-c3ncc4c(N5CCC[C@@](C)(O)C5)nc(OCC5(CN6CCC7(CCN(Cc8cnc(-c9cn([C@H](C(=O)N%10C[C@H](O)C[C@H]%10C(=O)N[C@@H](CN(C)C)c%10ccc(-c%11scnc%11C)cc%10)C(C)C)nn9)cn8)CC7)CC6)CC5)nc4c3F)c12. The number of rotatable bonds is 20. The highest BCUT2D eigenvalue weighted by Gasteiger charge is 2.48. The summed E-state index contributed by atoms with van der Waals surface area (Å²) in [6.07, 6.45) is 14.1. The number of halogens is 2. The van der Waals surface area contributed by atoms with E-state index in [0.717, 1.165) is 98.6 Å². The van der Waals surface area contributed by atoms with Crippen LogP contribution in [-0.2, 0) is 22.6 Å². The minimum absolute atomic E-state index is 0.00185. The Balaban J connectivity index is 0.610. The molecule has 94 heavy (non-hydrogen) atoms. The molecule has 4 N–H and O–H groups in total. The number of piperidine rings is 3. The summed E-state index contributed by atoms with van der Waals surface area (Å²) >= 11 is 1.59. The lowest BCUT2D eigenvalue weighted by Gasteiger charge is -2.47. The van der Waals surface area contributed by atoms with Crippen molar-refractivity contribution in [2.45, 2.75) is 135 Å². The van der Waals surface area contributed by atoms with Gasteiger partial charge in [-0.1, -0.05) is 56.3 Å². The van der Waals surface area contributed by atoms with Gasteiger partial charge in [-0.25, -0.2) is 18.4 Å². The number of nitrogens with zero attached hydrogens (tertiary/aromatic N) is 14. The Kier molecular flexibility index (Phi) is 18.3. The van der Waals surface area contributed by atoms with Crippen LogP contribution in [0.2, 0.25) is 0 Å². The summed E-state index contributed by atoms with van der Waals surface area (Å²) in [6.45, 7) is 16.7. The number of benzene rings is 3. The number of ether oxygens (including phenoxy) is 1. The number of aromatic nitrogens is 9. The van der Waals surface area contributed by atoms with E-state index in [-0.39, 0.29) is 82.6 Å². The van der Waals surface area contributed by atoms with Crippen LogP contribution in [0.3, 0.4) is 0 Å². The van der Waals surface area contributed by atoms with E-state index >= 15 is 8.78 Å². The van der Waals surface area contributed by atoms with E-state index in [1.54, 1.807) is 47.6 Å². The number of aliphatic hydroxyl groups is 2. The molecule has 0 bridgehead atoms. The molecule has 21 nitrogen and oxygen atoms in total. The fourth-order valence-electron chi connectivity index (χ4n) is 14.9. The number of pyridine rings is 1. The first-order valence-corrected chi connectivity index (χ1v) is 34.0. The van der Waals surface area contributed by atoms with Crippen LogP contribution in [0.1, 0.15) is 120 Å². The molecule has 2 amide bonds. The molecule has 496 valence electrons. The first-order valence-electron chi connectivity index (χ1n) is 33.2. The average Bonchev–Trinajstić information content (AvgIpc) is 0.923. The second kappa shape index (κ2) is 26.5. The van der Waals surface area contributed by atoms with Crippen molar-refractivity contribution in [1.29, 1.82) is 0 Å². The maximum Gasteiger partial charge on any atom is 0.319 e. The van der Waals surface area contributed by atoms with Gasteiger partial charge in [-0.2, -0.15) is 9.97 Å². The summed E-state index contributed by atoms with van der Waals surface area (Å²) in [7, 11) is 3.90. The lowest BCUT2D eigenvalue weighted by Crippen LogP contribution is -2.50. The normalized spacial score (nSPS) is 21.4.